The van der Waals surface area contributed by atoms with Crippen molar-refractivity contribution in [2.75, 3.05) is 0 Å². The van der Waals surface area contributed by atoms with Gasteiger partial charge in [0.25, 0.3) is 0 Å². The van der Waals surface area contributed by atoms with E-state index in [0.717, 1.165) is 11.8 Å². The number of rotatable bonds is 0. The normalized spacial score (nSPS) is 40.8. The number of allylic oxidation sites excluding steroid dienone is 2. The predicted octanol–water partition coefficient (Wildman–Crippen LogP) is 3.09. The van der Waals surface area contributed by atoms with Gasteiger partial charge in [-0.25, -0.2) is 0 Å². The van der Waals surface area contributed by atoms with Crippen LogP contribution < -0.4 is 0 Å². The molecule has 0 nitrogen and oxygen atoms in total. The molecule has 1 saturated carbocycles. The van der Waals surface area contributed by atoms with Crippen molar-refractivity contribution in [3.05, 3.63) is 10.6 Å². The Morgan fingerprint density at radius 1 is 1.44 bits per heavy atom. The molecule has 2 unspecified atom stereocenters. The Morgan fingerprint density at radius 3 is 3.11 bits per heavy atom. The van der Waals surface area contributed by atoms with Gasteiger partial charge in [0.05, 0.1) is 0 Å². The molecule has 0 aliphatic heterocycles. The van der Waals surface area contributed by atoms with E-state index in [0.29, 0.717) is 0 Å². The average Bonchev–Trinajstić information content (AvgIpc) is 2.11. The van der Waals surface area contributed by atoms with Crippen LogP contribution in [0.3, 0.4) is 0 Å². The lowest BCUT2D eigenvalue weighted by Gasteiger charge is -2.14. The van der Waals surface area contributed by atoms with E-state index in [4.69, 9.17) is 0 Å². The van der Waals surface area contributed by atoms with Crippen molar-refractivity contribution in [3.8, 4) is 0 Å². The van der Waals surface area contributed by atoms with Gasteiger partial charge < -0.3 is 0 Å². The van der Waals surface area contributed by atoms with Crippen LogP contribution in [0.5, 0.6) is 0 Å². The van der Waals surface area contributed by atoms with Gasteiger partial charge in [0.2, 0.25) is 0 Å². The molecule has 0 aromatic heterocycles. The van der Waals surface area contributed by atoms with Gasteiger partial charge in [0.15, 0.2) is 0 Å². The molecule has 50 valence electrons. The lowest BCUT2D eigenvalue weighted by Crippen LogP contribution is -2.00. The van der Waals surface area contributed by atoms with Crippen LogP contribution in [0.1, 0.15) is 25.7 Å². The van der Waals surface area contributed by atoms with E-state index < -0.39 is 0 Å². The van der Waals surface area contributed by atoms with Crippen molar-refractivity contribution in [2.45, 2.75) is 25.7 Å². The molecule has 0 aromatic carbocycles. The zero-order chi connectivity index (χ0) is 6.27. The molecule has 1 heteroatoms. The van der Waals surface area contributed by atoms with Crippen LogP contribution in [0.2, 0.25) is 0 Å². The Balaban J connectivity index is 2.19. The van der Waals surface area contributed by atoms with Crippen LogP contribution in [-0.4, -0.2) is 0 Å². The zero-order valence-corrected chi connectivity index (χ0v) is 7.02. The van der Waals surface area contributed by atoms with Gasteiger partial charge in [-0.05, 0) is 42.0 Å². The average molecular weight is 187 g/mol. The van der Waals surface area contributed by atoms with Gasteiger partial charge in [0, 0.05) is 0 Å². The summed E-state index contributed by atoms with van der Waals surface area (Å²) in [5.74, 6) is 1.95. The summed E-state index contributed by atoms with van der Waals surface area (Å²) < 4.78 is 1.46. The SMILES string of the molecule is BrC1=CC2CCC(C1)C2. The molecule has 2 aliphatic rings. The molecular weight excluding hydrogens is 176 g/mol. The van der Waals surface area contributed by atoms with Gasteiger partial charge >= 0.3 is 0 Å². The third-order valence-electron chi connectivity index (χ3n) is 2.48. The van der Waals surface area contributed by atoms with Crippen molar-refractivity contribution in [1.29, 1.82) is 0 Å². The maximum Gasteiger partial charge on any atom is -0.00837 e. The van der Waals surface area contributed by atoms with E-state index in [1.807, 2.05) is 0 Å². The highest BCUT2D eigenvalue weighted by molar-refractivity contribution is 9.11. The molecular formula is C8H11Br. The molecule has 0 saturated heterocycles. The van der Waals surface area contributed by atoms with Gasteiger partial charge in [-0.1, -0.05) is 22.0 Å². The molecule has 2 bridgehead atoms. The van der Waals surface area contributed by atoms with Crippen LogP contribution in [-0.2, 0) is 0 Å². The lowest BCUT2D eigenvalue weighted by atomic mass is 9.96. The summed E-state index contributed by atoms with van der Waals surface area (Å²) in [5.41, 5.74) is 0. The first-order valence-corrected chi connectivity index (χ1v) is 4.50. The Morgan fingerprint density at radius 2 is 2.33 bits per heavy atom. The summed E-state index contributed by atoms with van der Waals surface area (Å²) in [6.45, 7) is 0. The number of hydrogen-bond acceptors (Lipinski definition) is 0. The summed E-state index contributed by atoms with van der Waals surface area (Å²) in [7, 11) is 0. The Kier molecular flexibility index (Phi) is 1.40. The molecule has 9 heavy (non-hydrogen) atoms. The smallest absolute Gasteiger partial charge is 0.00837 e. The minimum absolute atomic E-state index is 0.929. The molecule has 2 aliphatic carbocycles. The van der Waals surface area contributed by atoms with E-state index in [9.17, 15) is 0 Å². The molecule has 0 N–H and O–H groups in total. The summed E-state index contributed by atoms with van der Waals surface area (Å²) >= 11 is 3.57. The first-order valence-electron chi connectivity index (χ1n) is 3.71. The van der Waals surface area contributed by atoms with E-state index >= 15 is 0 Å². The second kappa shape index (κ2) is 2.12. The number of halogens is 1. The van der Waals surface area contributed by atoms with Crippen molar-refractivity contribution < 1.29 is 0 Å². The van der Waals surface area contributed by atoms with Gasteiger partial charge in [0.1, 0.15) is 0 Å². The van der Waals surface area contributed by atoms with Crippen molar-refractivity contribution >= 4 is 15.9 Å². The molecule has 2 rings (SSSR count). The lowest BCUT2D eigenvalue weighted by molar-refractivity contribution is 0.516. The zero-order valence-electron chi connectivity index (χ0n) is 5.44. The Labute approximate surface area is 64.5 Å². The first-order chi connectivity index (χ1) is 4.34. The van der Waals surface area contributed by atoms with Gasteiger partial charge in [-0.3, -0.25) is 0 Å². The molecule has 2 atom stereocenters. The Bertz CT molecular complexity index is 149. The van der Waals surface area contributed by atoms with Crippen LogP contribution >= 0.6 is 15.9 Å². The third kappa shape index (κ3) is 1.07. The van der Waals surface area contributed by atoms with E-state index in [1.54, 1.807) is 0 Å². The standard InChI is InChI=1S/C8H11Br/c9-8-4-6-1-2-7(3-6)5-8/h4,6-7H,1-3,5H2. The monoisotopic (exact) mass is 186 g/mol. The summed E-state index contributed by atoms with van der Waals surface area (Å²) in [4.78, 5) is 0. The predicted molar refractivity (Wildman–Crippen MR) is 42.5 cm³/mol. The number of fused-ring (bicyclic) bond motifs is 2. The van der Waals surface area contributed by atoms with Gasteiger partial charge in [-0.15, -0.1) is 0 Å². The molecule has 0 aromatic rings. The maximum absolute atomic E-state index is 3.57. The van der Waals surface area contributed by atoms with Crippen LogP contribution in [0.4, 0.5) is 0 Å². The van der Waals surface area contributed by atoms with Crippen molar-refractivity contribution in [1.82, 2.24) is 0 Å². The molecule has 1 fully saturated rings. The largest absolute Gasteiger partial charge is 0.0712 e. The number of hydrogen-bond donors (Lipinski definition) is 0. The van der Waals surface area contributed by atoms with Crippen molar-refractivity contribution in [3.63, 3.8) is 0 Å². The fourth-order valence-electron chi connectivity index (χ4n) is 2.05. The third-order valence-corrected chi connectivity index (χ3v) is 3.07. The van der Waals surface area contributed by atoms with Crippen LogP contribution in [0.25, 0.3) is 0 Å². The van der Waals surface area contributed by atoms with Gasteiger partial charge in [-0.2, -0.15) is 0 Å². The topological polar surface area (TPSA) is 0 Å². The highest BCUT2D eigenvalue weighted by Crippen LogP contribution is 2.42. The highest BCUT2D eigenvalue weighted by atomic mass is 79.9. The molecule has 0 heterocycles. The Hall–Kier alpha value is 0.220. The van der Waals surface area contributed by atoms with Crippen LogP contribution in [0, 0.1) is 11.8 Å². The minimum Gasteiger partial charge on any atom is -0.0712 e. The van der Waals surface area contributed by atoms with E-state index in [-0.39, 0.29) is 0 Å². The van der Waals surface area contributed by atoms with E-state index in [1.165, 1.54) is 30.2 Å². The summed E-state index contributed by atoms with van der Waals surface area (Å²) in [6, 6.07) is 0. The summed E-state index contributed by atoms with van der Waals surface area (Å²) in [5, 5.41) is 0. The second-order valence-corrected chi connectivity index (χ2v) is 4.28. The minimum atomic E-state index is 0.929. The fourth-order valence-corrected chi connectivity index (χ4v) is 2.88. The first kappa shape index (κ1) is 5.96. The highest BCUT2D eigenvalue weighted by Gasteiger charge is 2.27. The quantitative estimate of drug-likeness (QED) is 0.546. The molecule has 0 radical (unpaired) electrons. The van der Waals surface area contributed by atoms with E-state index in [2.05, 4.69) is 22.0 Å². The second-order valence-electron chi connectivity index (χ2n) is 3.26. The maximum atomic E-state index is 3.57. The summed E-state index contributed by atoms with van der Waals surface area (Å²) in [6.07, 6.45) is 8.10. The molecule has 0 spiro atoms. The fraction of sp³-hybridized carbons (Fsp3) is 0.750. The molecule has 0 amide bonds. The van der Waals surface area contributed by atoms with Crippen LogP contribution in [0.15, 0.2) is 10.6 Å². The van der Waals surface area contributed by atoms with Crippen molar-refractivity contribution in [2.24, 2.45) is 11.8 Å².